The van der Waals surface area contributed by atoms with Crippen LogP contribution in [0.15, 0.2) is 70.3 Å². The van der Waals surface area contributed by atoms with Crippen molar-refractivity contribution in [3.63, 3.8) is 0 Å². The first kappa shape index (κ1) is 28.9. The molecule has 9 heteroatoms. The monoisotopic (exact) mass is 668 g/mol. The number of halogens is 1. The van der Waals surface area contributed by atoms with Crippen LogP contribution in [0.4, 0.5) is 0 Å². The van der Waals surface area contributed by atoms with E-state index in [1.165, 1.54) is 33.5 Å². The summed E-state index contributed by atoms with van der Waals surface area (Å²) < 4.78 is 17.3. The summed E-state index contributed by atoms with van der Waals surface area (Å²) in [6, 6.07) is 11.8. The smallest absolute Gasteiger partial charge is 0.262 e. The lowest BCUT2D eigenvalue weighted by Gasteiger charge is -2.42. The van der Waals surface area contributed by atoms with E-state index < -0.39 is 11.6 Å². The van der Waals surface area contributed by atoms with Gasteiger partial charge in [-0.05, 0) is 71.4 Å². The molecule has 1 saturated carbocycles. The van der Waals surface area contributed by atoms with Crippen molar-refractivity contribution in [2.75, 3.05) is 21.3 Å². The third-order valence-electron chi connectivity index (χ3n) is 7.98. The first-order valence-electron chi connectivity index (χ1n) is 13.7. The number of rotatable bonds is 8. The van der Waals surface area contributed by atoms with Crippen LogP contribution in [-0.2, 0) is 14.4 Å². The minimum Gasteiger partial charge on any atom is -0.496 e. The van der Waals surface area contributed by atoms with Gasteiger partial charge in [-0.2, -0.15) is 0 Å². The minimum atomic E-state index is -1.20. The van der Waals surface area contributed by atoms with Gasteiger partial charge in [0.05, 0.1) is 24.9 Å². The minimum absolute atomic E-state index is 0.00168. The fraction of sp³-hybridized carbons (Fsp3) is 0.344. The van der Waals surface area contributed by atoms with Crippen molar-refractivity contribution >= 4 is 45.8 Å². The van der Waals surface area contributed by atoms with Gasteiger partial charge >= 0.3 is 0 Å². The topological polar surface area (TPSA) is 94.2 Å². The second-order valence-corrected chi connectivity index (χ2v) is 11.4. The molecule has 1 unspecified atom stereocenters. The molecule has 2 aromatic rings. The molecule has 214 valence electrons. The van der Waals surface area contributed by atoms with Crippen molar-refractivity contribution in [3.05, 3.63) is 81.5 Å². The highest BCUT2D eigenvalue weighted by atomic mass is 127. The van der Waals surface area contributed by atoms with Crippen LogP contribution in [0.25, 0.3) is 5.57 Å². The molecule has 1 atom stereocenters. The van der Waals surface area contributed by atoms with E-state index in [2.05, 4.69) is 27.9 Å². The average molecular weight is 669 g/mol. The summed E-state index contributed by atoms with van der Waals surface area (Å²) in [5.74, 6) is 0.362. The predicted molar refractivity (Wildman–Crippen MR) is 164 cm³/mol. The van der Waals surface area contributed by atoms with Gasteiger partial charge in [-0.25, -0.2) is 0 Å². The highest BCUT2D eigenvalue weighted by Crippen LogP contribution is 2.52. The number of nitrogens with zero attached hydrogens (tertiary/aromatic N) is 1. The van der Waals surface area contributed by atoms with Crippen molar-refractivity contribution in [2.24, 2.45) is 0 Å². The SMILES string of the molecule is COc1cc(OC)c(C(C(=O)NC2CCCCC2)N2C(=O)C(I)=C(c3ccccc3)C23C=CC(=O)C=C3)cc1OC. The number of amides is 2. The summed E-state index contributed by atoms with van der Waals surface area (Å²) in [6.45, 7) is 0. The number of carbonyl (C=O) groups is 3. The fourth-order valence-corrected chi connectivity index (χ4v) is 7.02. The van der Waals surface area contributed by atoms with Crippen LogP contribution in [0.5, 0.6) is 17.2 Å². The maximum absolute atomic E-state index is 14.4. The second kappa shape index (κ2) is 12.1. The van der Waals surface area contributed by atoms with Crippen LogP contribution < -0.4 is 19.5 Å². The number of allylic oxidation sites excluding steroid dienone is 2. The Kier molecular flexibility index (Phi) is 8.53. The highest BCUT2D eigenvalue weighted by molar-refractivity contribution is 14.1. The highest BCUT2D eigenvalue weighted by Gasteiger charge is 2.54. The molecular formula is C32H33IN2O6. The van der Waals surface area contributed by atoms with Gasteiger partial charge in [0.15, 0.2) is 17.3 Å². The van der Waals surface area contributed by atoms with E-state index in [-0.39, 0.29) is 23.6 Å². The summed E-state index contributed by atoms with van der Waals surface area (Å²) in [6.07, 6.45) is 11.3. The lowest BCUT2D eigenvalue weighted by atomic mass is 9.81. The van der Waals surface area contributed by atoms with Gasteiger partial charge in [0.1, 0.15) is 17.3 Å². The van der Waals surface area contributed by atoms with Crippen molar-refractivity contribution in [1.29, 1.82) is 0 Å². The predicted octanol–water partition coefficient (Wildman–Crippen LogP) is 5.32. The van der Waals surface area contributed by atoms with E-state index in [4.69, 9.17) is 14.2 Å². The van der Waals surface area contributed by atoms with Gasteiger partial charge in [-0.15, -0.1) is 0 Å². The molecule has 0 bridgehead atoms. The molecule has 1 spiro atoms. The first-order valence-corrected chi connectivity index (χ1v) is 14.7. The maximum Gasteiger partial charge on any atom is 0.262 e. The number of benzene rings is 2. The van der Waals surface area contributed by atoms with Crippen LogP contribution in [0.1, 0.15) is 49.3 Å². The molecule has 2 aromatic carbocycles. The second-order valence-electron chi connectivity index (χ2n) is 10.3. The van der Waals surface area contributed by atoms with E-state index in [9.17, 15) is 14.4 Å². The third-order valence-corrected chi connectivity index (χ3v) is 8.98. The number of nitrogens with one attached hydrogen (secondary N) is 1. The number of carbonyl (C=O) groups excluding carboxylic acids is 3. The summed E-state index contributed by atoms with van der Waals surface area (Å²) in [5.41, 5.74) is 0.777. The molecule has 2 amide bonds. The van der Waals surface area contributed by atoms with Crippen LogP contribution in [0, 0.1) is 0 Å². The largest absolute Gasteiger partial charge is 0.496 e. The van der Waals surface area contributed by atoms with E-state index in [0.29, 0.717) is 32.0 Å². The van der Waals surface area contributed by atoms with Gasteiger partial charge in [0, 0.05) is 23.2 Å². The van der Waals surface area contributed by atoms with Crippen LogP contribution >= 0.6 is 22.6 Å². The molecule has 0 saturated heterocycles. The first-order chi connectivity index (χ1) is 19.8. The summed E-state index contributed by atoms with van der Waals surface area (Å²) in [7, 11) is 4.55. The zero-order chi connectivity index (χ0) is 29.1. The fourth-order valence-electron chi connectivity index (χ4n) is 6.02. The summed E-state index contributed by atoms with van der Waals surface area (Å²) in [5, 5.41) is 3.24. The summed E-state index contributed by atoms with van der Waals surface area (Å²) >= 11 is 2.06. The number of methoxy groups -OCH3 is 3. The lowest BCUT2D eigenvalue weighted by Crippen LogP contribution is -2.53. The molecule has 0 radical (unpaired) electrons. The Morgan fingerprint density at radius 2 is 1.54 bits per heavy atom. The van der Waals surface area contributed by atoms with Crippen LogP contribution in [-0.4, -0.2) is 55.4 Å². The molecule has 1 heterocycles. The molecule has 8 nitrogen and oxygen atoms in total. The summed E-state index contributed by atoms with van der Waals surface area (Å²) in [4.78, 5) is 42.8. The molecule has 1 fully saturated rings. The van der Waals surface area contributed by atoms with Crippen molar-refractivity contribution in [1.82, 2.24) is 10.2 Å². The number of ketones is 1. The Morgan fingerprint density at radius 3 is 2.15 bits per heavy atom. The van der Waals surface area contributed by atoms with E-state index in [0.717, 1.165) is 37.7 Å². The quantitative estimate of drug-likeness (QED) is 0.383. The molecule has 1 N–H and O–H groups in total. The average Bonchev–Trinajstić information content (AvgIpc) is 3.20. The van der Waals surface area contributed by atoms with E-state index >= 15 is 0 Å². The zero-order valence-corrected chi connectivity index (χ0v) is 25.5. The molecule has 41 heavy (non-hydrogen) atoms. The number of ether oxygens (including phenoxy) is 3. The Hall–Kier alpha value is -3.60. The van der Waals surface area contributed by atoms with Gasteiger partial charge in [-0.3, -0.25) is 14.4 Å². The van der Waals surface area contributed by atoms with Crippen LogP contribution in [0.3, 0.4) is 0 Å². The van der Waals surface area contributed by atoms with Crippen molar-refractivity contribution in [2.45, 2.75) is 49.7 Å². The molecule has 5 rings (SSSR count). The number of hydrogen-bond acceptors (Lipinski definition) is 6. The maximum atomic E-state index is 14.4. The van der Waals surface area contributed by atoms with Gasteiger partial charge in [-0.1, -0.05) is 49.6 Å². The third kappa shape index (κ3) is 5.27. The van der Waals surface area contributed by atoms with Gasteiger partial charge < -0.3 is 24.4 Å². The normalized spacial score (nSPS) is 19.1. The number of hydrogen-bond donors (Lipinski definition) is 1. The molecular weight excluding hydrogens is 635 g/mol. The molecule has 3 aliphatic rings. The van der Waals surface area contributed by atoms with Crippen LogP contribution in [0.2, 0.25) is 0 Å². The van der Waals surface area contributed by atoms with E-state index in [1.807, 2.05) is 30.3 Å². The van der Waals surface area contributed by atoms with Crippen molar-refractivity contribution < 1.29 is 28.6 Å². The van der Waals surface area contributed by atoms with E-state index in [1.54, 1.807) is 29.2 Å². The van der Waals surface area contributed by atoms with Crippen molar-refractivity contribution in [3.8, 4) is 17.2 Å². The Labute approximate surface area is 253 Å². The lowest BCUT2D eigenvalue weighted by molar-refractivity contribution is -0.139. The Balaban J connectivity index is 1.73. The van der Waals surface area contributed by atoms with Gasteiger partial charge in [0.2, 0.25) is 5.91 Å². The van der Waals surface area contributed by atoms with Gasteiger partial charge in [0.25, 0.3) is 5.91 Å². The Bertz CT molecular complexity index is 1430. The zero-order valence-electron chi connectivity index (χ0n) is 23.3. The standard InChI is InChI=1S/C32H33IN2O6/c1-39-24-19-26(41-3)25(40-2)18-23(24)29(30(37)34-21-12-8-5-9-13-21)35-31(38)28(33)27(20-10-6-4-7-11-20)32(35)16-14-22(36)15-17-32/h4,6-7,10-11,14-19,21,29H,5,8-9,12-13H2,1-3H3,(H,34,37). The Morgan fingerprint density at radius 1 is 0.927 bits per heavy atom. The molecule has 2 aliphatic carbocycles. The molecule has 1 aliphatic heterocycles. The molecule has 0 aromatic heterocycles.